The summed E-state index contributed by atoms with van der Waals surface area (Å²) in [5.41, 5.74) is 3.43. The van der Waals surface area contributed by atoms with Crippen LogP contribution in [0.3, 0.4) is 0 Å². The molecule has 4 aromatic rings. The number of aryl methyl sites for hydroxylation is 1. The standard InChI is InChI=1S/C28H31N3O5/c1-2-27-29-30-28(36-27)26-15-22-24(4-3-5-25(22)35-26)34-17-21(32)16-31-11-8-18(9-12-31)19-6-7-23-20(14-19)10-13-33-23/h3-7,14-15,18,21,32H,2,8-13,16-17H2,1H3. The van der Waals surface area contributed by atoms with Crippen LogP contribution in [0.2, 0.25) is 0 Å². The highest BCUT2D eigenvalue weighted by atomic mass is 16.5. The van der Waals surface area contributed by atoms with Crippen LogP contribution in [0.15, 0.2) is 51.3 Å². The smallest absolute Gasteiger partial charge is 0.283 e. The lowest BCUT2D eigenvalue weighted by Crippen LogP contribution is -2.40. The molecular formula is C28H31N3O5. The first-order chi connectivity index (χ1) is 17.7. The average Bonchev–Trinajstić information content (AvgIpc) is 3.66. The van der Waals surface area contributed by atoms with Crippen molar-refractivity contribution in [3.8, 4) is 23.1 Å². The molecule has 6 rings (SSSR count). The van der Waals surface area contributed by atoms with Gasteiger partial charge in [0.05, 0.1) is 12.0 Å². The Morgan fingerprint density at radius 2 is 2.00 bits per heavy atom. The van der Waals surface area contributed by atoms with Gasteiger partial charge in [-0.15, -0.1) is 10.2 Å². The lowest BCUT2D eigenvalue weighted by atomic mass is 9.88. The summed E-state index contributed by atoms with van der Waals surface area (Å²) in [5, 5.41) is 19.6. The van der Waals surface area contributed by atoms with E-state index in [0.717, 1.165) is 50.1 Å². The fourth-order valence-corrected chi connectivity index (χ4v) is 5.21. The van der Waals surface area contributed by atoms with E-state index < -0.39 is 6.10 Å². The molecule has 2 aliphatic rings. The fourth-order valence-electron chi connectivity index (χ4n) is 5.21. The van der Waals surface area contributed by atoms with Crippen molar-refractivity contribution in [1.82, 2.24) is 15.1 Å². The SMILES string of the molecule is CCc1nnc(-c2cc3c(OCC(O)CN4CCC(c5ccc6c(c5)CCO6)CC4)cccc3o2)o1. The Balaban J connectivity index is 1.03. The van der Waals surface area contributed by atoms with Gasteiger partial charge in [-0.1, -0.05) is 25.1 Å². The molecule has 4 heterocycles. The van der Waals surface area contributed by atoms with Crippen molar-refractivity contribution in [3.63, 3.8) is 0 Å². The number of benzene rings is 2. The molecule has 1 fully saturated rings. The maximum atomic E-state index is 10.7. The van der Waals surface area contributed by atoms with Crippen LogP contribution >= 0.6 is 0 Å². The summed E-state index contributed by atoms with van der Waals surface area (Å²) in [6.07, 6.45) is 3.29. The molecule has 1 atom stereocenters. The van der Waals surface area contributed by atoms with E-state index in [0.29, 0.717) is 47.8 Å². The number of aromatic nitrogens is 2. The predicted octanol–water partition coefficient (Wildman–Crippen LogP) is 4.60. The summed E-state index contributed by atoms with van der Waals surface area (Å²) in [6.45, 7) is 5.51. The first-order valence-corrected chi connectivity index (χ1v) is 12.8. The van der Waals surface area contributed by atoms with Crippen molar-refractivity contribution >= 4 is 11.0 Å². The number of aliphatic hydroxyl groups is 1. The number of furan rings is 1. The van der Waals surface area contributed by atoms with Crippen molar-refractivity contribution < 1.29 is 23.4 Å². The second-order valence-corrected chi connectivity index (χ2v) is 9.64. The Morgan fingerprint density at radius 3 is 2.83 bits per heavy atom. The highest BCUT2D eigenvalue weighted by Gasteiger charge is 2.24. The molecule has 188 valence electrons. The highest BCUT2D eigenvalue weighted by Crippen LogP contribution is 2.34. The third-order valence-electron chi connectivity index (χ3n) is 7.17. The van der Waals surface area contributed by atoms with E-state index in [2.05, 4.69) is 33.3 Å². The van der Waals surface area contributed by atoms with Gasteiger partial charge >= 0.3 is 0 Å². The number of hydrogen-bond acceptors (Lipinski definition) is 8. The molecule has 0 bridgehead atoms. The topological polar surface area (TPSA) is 94.0 Å². The van der Waals surface area contributed by atoms with E-state index in [1.54, 1.807) is 0 Å². The van der Waals surface area contributed by atoms with Gasteiger partial charge in [0.1, 0.15) is 29.8 Å². The number of aliphatic hydroxyl groups excluding tert-OH is 1. The van der Waals surface area contributed by atoms with E-state index in [4.69, 9.17) is 18.3 Å². The van der Waals surface area contributed by atoms with E-state index in [-0.39, 0.29) is 6.61 Å². The number of fused-ring (bicyclic) bond motifs is 2. The second-order valence-electron chi connectivity index (χ2n) is 9.64. The van der Waals surface area contributed by atoms with Crippen LogP contribution in [0.25, 0.3) is 22.6 Å². The van der Waals surface area contributed by atoms with Gasteiger partial charge in [0.25, 0.3) is 5.89 Å². The number of likely N-dealkylation sites (tertiary alicyclic amines) is 1. The Morgan fingerprint density at radius 1 is 1.11 bits per heavy atom. The van der Waals surface area contributed by atoms with Crippen LogP contribution < -0.4 is 9.47 Å². The Bertz CT molecular complexity index is 1340. The minimum atomic E-state index is -0.580. The van der Waals surface area contributed by atoms with Crippen molar-refractivity contribution in [2.75, 3.05) is 32.8 Å². The minimum absolute atomic E-state index is 0.213. The molecule has 8 nitrogen and oxygen atoms in total. The monoisotopic (exact) mass is 489 g/mol. The van der Waals surface area contributed by atoms with Gasteiger partial charge in [-0.05, 0) is 61.2 Å². The van der Waals surface area contributed by atoms with Gasteiger partial charge < -0.3 is 28.3 Å². The summed E-state index contributed by atoms with van der Waals surface area (Å²) in [6, 6.07) is 14.1. The van der Waals surface area contributed by atoms with Crippen LogP contribution in [0, 0.1) is 0 Å². The van der Waals surface area contributed by atoms with E-state index in [1.165, 1.54) is 11.1 Å². The van der Waals surface area contributed by atoms with E-state index in [9.17, 15) is 5.11 Å². The van der Waals surface area contributed by atoms with E-state index in [1.807, 2.05) is 31.2 Å². The Hall–Kier alpha value is -3.36. The first kappa shape index (κ1) is 23.1. The molecule has 2 aliphatic heterocycles. The third kappa shape index (κ3) is 4.70. The Labute approximate surface area is 209 Å². The van der Waals surface area contributed by atoms with Crippen LogP contribution in [-0.2, 0) is 12.8 Å². The lowest BCUT2D eigenvalue weighted by Gasteiger charge is -2.33. The molecule has 2 aromatic heterocycles. The van der Waals surface area contributed by atoms with Crippen molar-refractivity contribution in [2.45, 2.75) is 44.6 Å². The quantitative estimate of drug-likeness (QED) is 0.384. The average molecular weight is 490 g/mol. The minimum Gasteiger partial charge on any atom is -0.493 e. The molecule has 8 heteroatoms. The summed E-state index contributed by atoms with van der Waals surface area (Å²) in [5.74, 6) is 3.70. The molecule has 1 unspecified atom stereocenters. The maximum absolute atomic E-state index is 10.7. The highest BCUT2D eigenvalue weighted by molar-refractivity contribution is 5.87. The van der Waals surface area contributed by atoms with Gasteiger partial charge in [0, 0.05) is 25.5 Å². The molecule has 0 aliphatic carbocycles. The molecule has 1 saturated heterocycles. The molecule has 0 spiro atoms. The summed E-state index contributed by atoms with van der Waals surface area (Å²) >= 11 is 0. The first-order valence-electron chi connectivity index (χ1n) is 12.8. The number of hydrogen-bond donors (Lipinski definition) is 1. The second kappa shape index (κ2) is 9.95. The van der Waals surface area contributed by atoms with Gasteiger partial charge in [-0.25, -0.2) is 0 Å². The molecule has 0 saturated carbocycles. The fraction of sp³-hybridized carbons (Fsp3) is 0.429. The zero-order valence-electron chi connectivity index (χ0n) is 20.5. The van der Waals surface area contributed by atoms with Crippen LogP contribution in [0.4, 0.5) is 0 Å². The zero-order valence-corrected chi connectivity index (χ0v) is 20.5. The summed E-state index contributed by atoms with van der Waals surface area (Å²) in [7, 11) is 0. The third-order valence-corrected chi connectivity index (χ3v) is 7.17. The van der Waals surface area contributed by atoms with Crippen molar-refractivity contribution in [2.24, 2.45) is 0 Å². The van der Waals surface area contributed by atoms with Crippen LogP contribution in [0.5, 0.6) is 11.5 Å². The zero-order chi connectivity index (χ0) is 24.5. The number of ether oxygens (including phenoxy) is 2. The summed E-state index contributed by atoms with van der Waals surface area (Å²) in [4.78, 5) is 2.33. The largest absolute Gasteiger partial charge is 0.493 e. The maximum Gasteiger partial charge on any atom is 0.283 e. The van der Waals surface area contributed by atoms with Gasteiger partial charge in [0.2, 0.25) is 5.89 Å². The van der Waals surface area contributed by atoms with E-state index >= 15 is 0 Å². The van der Waals surface area contributed by atoms with Crippen molar-refractivity contribution in [1.29, 1.82) is 0 Å². The van der Waals surface area contributed by atoms with Gasteiger partial charge in [0.15, 0.2) is 5.76 Å². The number of β-amino-alcohol motifs (C(OH)–C–C–N with tert-alkyl or cyclic N) is 1. The normalized spacial score (nSPS) is 17.3. The molecular weight excluding hydrogens is 458 g/mol. The lowest BCUT2D eigenvalue weighted by molar-refractivity contribution is 0.0599. The number of piperidine rings is 1. The van der Waals surface area contributed by atoms with Crippen LogP contribution in [0.1, 0.15) is 42.7 Å². The van der Waals surface area contributed by atoms with Crippen molar-refractivity contribution in [3.05, 3.63) is 59.5 Å². The molecule has 0 radical (unpaired) electrons. The summed E-state index contributed by atoms with van der Waals surface area (Å²) < 4.78 is 23.2. The molecule has 2 aromatic carbocycles. The number of rotatable bonds is 8. The van der Waals surface area contributed by atoms with Crippen LogP contribution in [-0.4, -0.2) is 59.2 Å². The Kier molecular flexibility index (Phi) is 6.37. The van der Waals surface area contributed by atoms with Gasteiger partial charge in [-0.2, -0.15) is 0 Å². The predicted molar refractivity (Wildman–Crippen MR) is 134 cm³/mol. The number of nitrogens with zero attached hydrogens (tertiary/aromatic N) is 3. The molecule has 1 N–H and O–H groups in total. The molecule has 0 amide bonds. The molecule has 36 heavy (non-hydrogen) atoms. The van der Waals surface area contributed by atoms with Gasteiger partial charge in [-0.3, -0.25) is 0 Å².